The molecule has 0 amide bonds. The molecule has 0 bridgehead atoms. The van der Waals surface area contributed by atoms with Crippen LogP contribution in [0.1, 0.15) is 11.1 Å². The van der Waals surface area contributed by atoms with Crippen LogP contribution in [0.4, 0.5) is 0 Å². The largest absolute Gasteiger partial charge is 0.394 e. The van der Waals surface area contributed by atoms with E-state index in [1.54, 1.807) is 0 Å². The van der Waals surface area contributed by atoms with Crippen molar-refractivity contribution >= 4 is 0 Å². The van der Waals surface area contributed by atoms with Gasteiger partial charge in [0.05, 0.1) is 13.2 Å². The van der Waals surface area contributed by atoms with Crippen LogP contribution in [0, 0.1) is 13.8 Å². The highest BCUT2D eigenvalue weighted by Crippen LogP contribution is 2.17. The van der Waals surface area contributed by atoms with Gasteiger partial charge in [-0.3, -0.25) is 0 Å². The molecule has 16 heavy (non-hydrogen) atoms. The van der Waals surface area contributed by atoms with Crippen LogP contribution in [0.25, 0.3) is 11.4 Å². The monoisotopic (exact) mass is 218 g/mol. The predicted octanol–water partition coefficient (Wildman–Crippen LogP) is 0.949. The van der Waals surface area contributed by atoms with Crippen LogP contribution < -0.4 is 0 Å². The fraction of sp³-hybridized carbons (Fsp3) is 0.364. The summed E-state index contributed by atoms with van der Waals surface area (Å²) in [6.45, 7) is 4.51. The zero-order valence-corrected chi connectivity index (χ0v) is 9.38. The summed E-state index contributed by atoms with van der Waals surface area (Å²) in [5.74, 6) is 0.594. The van der Waals surface area contributed by atoms with Gasteiger partial charge in [0, 0.05) is 5.56 Å². The molecule has 0 aliphatic carbocycles. The first kappa shape index (κ1) is 10.8. The molecule has 1 aromatic carbocycles. The number of benzene rings is 1. The number of aliphatic hydroxyl groups is 1. The summed E-state index contributed by atoms with van der Waals surface area (Å²) in [5.41, 5.74) is 3.40. The highest BCUT2D eigenvalue weighted by molar-refractivity contribution is 5.56. The Balaban J connectivity index is 2.31. The van der Waals surface area contributed by atoms with E-state index >= 15 is 0 Å². The topological polar surface area (TPSA) is 63.8 Å². The maximum Gasteiger partial charge on any atom is 0.204 e. The van der Waals surface area contributed by atoms with E-state index < -0.39 is 0 Å². The Hall–Kier alpha value is -1.75. The van der Waals surface area contributed by atoms with Crippen LogP contribution in [-0.2, 0) is 6.54 Å². The van der Waals surface area contributed by atoms with Gasteiger partial charge in [-0.1, -0.05) is 12.1 Å². The molecule has 5 heteroatoms. The van der Waals surface area contributed by atoms with Gasteiger partial charge in [-0.05, 0) is 36.3 Å². The summed E-state index contributed by atoms with van der Waals surface area (Å²) in [6, 6.07) is 6.05. The van der Waals surface area contributed by atoms with E-state index in [4.69, 9.17) is 5.11 Å². The zero-order chi connectivity index (χ0) is 11.5. The molecule has 5 nitrogen and oxygen atoms in total. The maximum atomic E-state index is 8.75. The third-order valence-electron chi connectivity index (χ3n) is 2.52. The third kappa shape index (κ3) is 2.09. The average Bonchev–Trinajstić information content (AvgIpc) is 2.71. The first-order chi connectivity index (χ1) is 7.70. The fourth-order valence-electron chi connectivity index (χ4n) is 1.42. The number of aliphatic hydroxyl groups excluding tert-OH is 1. The Bertz CT molecular complexity index is 492. The second-order valence-corrected chi connectivity index (χ2v) is 3.73. The predicted molar refractivity (Wildman–Crippen MR) is 59.8 cm³/mol. The number of nitrogens with zero attached hydrogens (tertiary/aromatic N) is 4. The minimum atomic E-state index is 0.0166. The molecule has 84 valence electrons. The minimum Gasteiger partial charge on any atom is -0.394 e. The lowest BCUT2D eigenvalue weighted by Gasteiger charge is -2.00. The van der Waals surface area contributed by atoms with Gasteiger partial charge in [0.15, 0.2) is 0 Å². The summed E-state index contributed by atoms with van der Waals surface area (Å²) in [4.78, 5) is 1.39. The van der Waals surface area contributed by atoms with E-state index in [0.29, 0.717) is 12.4 Å². The molecular formula is C11H14N4O. The van der Waals surface area contributed by atoms with Gasteiger partial charge in [0.25, 0.3) is 0 Å². The molecular weight excluding hydrogens is 204 g/mol. The van der Waals surface area contributed by atoms with Crippen molar-refractivity contribution in [2.24, 2.45) is 0 Å². The lowest BCUT2D eigenvalue weighted by atomic mass is 10.1. The van der Waals surface area contributed by atoms with Gasteiger partial charge in [-0.2, -0.15) is 4.80 Å². The molecule has 2 rings (SSSR count). The van der Waals surface area contributed by atoms with Gasteiger partial charge >= 0.3 is 0 Å². The Morgan fingerprint density at radius 2 is 2.06 bits per heavy atom. The normalized spacial score (nSPS) is 10.7. The number of rotatable bonds is 3. The van der Waals surface area contributed by atoms with Crippen LogP contribution in [0.2, 0.25) is 0 Å². The van der Waals surface area contributed by atoms with Crippen molar-refractivity contribution in [1.82, 2.24) is 20.2 Å². The quantitative estimate of drug-likeness (QED) is 0.833. The lowest BCUT2D eigenvalue weighted by molar-refractivity contribution is 0.259. The van der Waals surface area contributed by atoms with Gasteiger partial charge in [-0.15, -0.1) is 10.2 Å². The highest BCUT2D eigenvalue weighted by Gasteiger charge is 2.06. The van der Waals surface area contributed by atoms with E-state index in [2.05, 4.69) is 29.3 Å². The van der Waals surface area contributed by atoms with Gasteiger partial charge < -0.3 is 5.11 Å². The Morgan fingerprint density at radius 3 is 2.75 bits per heavy atom. The average molecular weight is 218 g/mol. The van der Waals surface area contributed by atoms with Crippen LogP contribution in [0.5, 0.6) is 0 Å². The van der Waals surface area contributed by atoms with Gasteiger partial charge in [-0.25, -0.2) is 0 Å². The number of aryl methyl sites for hydroxylation is 2. The minimum absolute atomic E-state index is 0.0166. The van der Waals surface area contributed by atoms with Crippen LogP contribution in [-0.4, -0.2) is 31.9 Å². The van der Waals surface area contributed by atoms with E-state index in [1.165, 1.54) is 15.9 Å². The SMILES string of the molecule is Cc1ccc(-c2nnn(CCO)n2)cc1C. The molecule has 1 N–H and O–H groups in total. The molecule has 0 saturated carbocycles. The fourth-order valence-corrected chi connectivity index (χ4v) is 1.42. The van der Waals surface area contributed by atoms with Crippen molar-refractivity contribution < 1.29 is 5.11 Å². The van der Waals surface area contributed by atoms with Crippen molar-refractivity contribution in [3.63, 3.8) is 0 Å². The highest BCUT2D eigenvalue weighted by atomic mass is 16.3. The zero-order valence-electron chi connectivity index (χ0n) is 9.38. The molecule has 2 aromatic rings. The lowest BCUT2D eigenvalue weighted by Crippen LogP contribution is -2.05. The van der Waals surface area contributed by atoms with Crippen molar-refractivity contribution in [3.8, 4) is 11.4 Å². The second-order valence-electron chi connectivity index (χ2n) is 3.73. The molecule has 0 radical (unpaired) electrons. The Morgan fingerprint density at radius 1 is 1.25 bits per heavy atom. The van der Waals surface area contributed by atoms with Crippen molar-refractivity contribution in [2.75, 3.05) is 6.61 Å². The molecule has 0 spiro atoms. The van der Waals surface area contributed by atoms with Crippen molar-refractivity contribution in [3.05, 3.63) is 29.3 Å². The number of tetrazole rings is 1. The summed E-state index contributed by atoms with van der Waals surface area (Å²) in [7, 11) is 0. The van der Waals surface area contributed by atoms with E-state index in [0.717, 1.165) is 5.56 Å². The van der Waals surface area contributed by atoms with E-state index in [-0.39, 0.29) is 6.61 Å². The van der Waals surface area contributed by atoms with Crippen LogP contribution in [0.3, 0.4) is 0 Å². The molecule has 0 atom stereocenters. The summed E-state index contributed by atoms with van der Waals surface area (Å²) >= 11 is 0. The Labute approximate surface area is 93.7 Å². The molecule has 0 unspecified atom stereocenters. The summed E-state index contributed by atoms with van der Waals surface area (Å²) < 4.78 is 0. The van der Waals surface area contributed by atoms with E-state index in [9.17, 15) is 0 Å². The summed E-state index contributed by atoms with van der Waals surface area (Å²) in [5, 5.41) is 20.7. The van der Waals surface area contributed by atoms with Gasteiger partial charge in [0.1, 0.15) is 0 Å². The number of aromatic nitrogens is 4. The van der Waals surface area contributed by atoms with Crippen LogP contribution in [0.15, 0.2) is 18.2 Å². The molecule has 0 aliphatic rings. The first-order valence-corrected chi connectivity index (χ1v) is 5.17. The molecule has 0 aliphatic heterocycles. The van der Waals surface area contributed by atoms with Crippen molar-refractivity contribution in [1.29, 1.82) is 0 Å². The smallest absolute Gasteiger partial charge is 0.204 e. The maximum absolute atomic E-state index is 8.75. The van der Waals surface area contributed by atoms with Crippen molar-refractivity contribution in [2.45, 2.75) is 20.4 Å². The molecule has 0 fully saturated rings. The van der Waals surface area contributed by atoms with Gasteiger partial charge in [0.2, 0.25) is 5.82 Å². The third-order valence-corrected chi connectivity index (χ3v) is 2.52. The standard InChI is InChI=1S/C11H14N4O/c1-8-3-4-10(7-9(8)2)11-12-14-15(13-11)5-6-16/h3-4,7,16H,5-6H2,1-2H3. The van der Waals surface area contributed by atoms with Crippen LogP contribution >= 0.6 is 0 Å². The first-order valence-electron chi connectivity index (χ1n) is 5.17. The molecule has 1 aromatic heterocycles. The second kappa shape index (κ2) is 4.40. The van der Waals surface area contributed by atoms with E-state index in [1.807, 2.05) is 18.2 Å². The number of hydrogen-bond donors (Lipinski definition) is 1. The molecule has 0 saturated heterocycles. The number of hydrogen-bond acceptors (Lipinski definition) is 4. The molecule has 1 heterocycles. The summed E-state index contributed by atoms with van der Waals surface area (Å²) in [6.07, 6.45) is 0. The Kier molecular flexibility index (Phi) is 2.96.